The molecule has 0 saturated carbocycles. The molecule has 0 saturated heterocycles. The monoisotopic (exact) mass is 375 g/mol. The van der Waals surface area contributed by atoms with Gasteiger partial charge in [0.05, 0.1) is 19.1 Å². The van der Waals surface area contributed by atoms with Crippen molar-refractivity contribution in [1.82, 2.24) is 4.72 Å². The molecule has 140 valence electrons. The zero-order valence-corrected chi connectivity index (χ0v) is 16.4. The van der Waals surface area contributed by atoms with Gasteiger partial charge in [-0.1, -0.05) is 6.07 Å². The first-order valence-electron chi connectivity index (χ1n) is 8.70. The van der Waals surface area contributed by atoms with Crippen LogP contribution in [0.5, 0.6) is 11.5 Å². The van der Waals surface area contributed by atoms with Crippen LogP contribution in [0.1, 0.15) is 41.1 Å². The molecule has 0 aromatic heterocycles. The van der Waals surface area contributed by atoms with E-state index in [9.17, 15) is 8.42 Å². The van der Waals surface area contributed by atoms with Crippen molar-refractivity contribution in [2.45, 2.75) is 44.0 Å². The van der Waals surface area contributed by atoms with E-state index in [0.717, 1.165) is 41.7 Å². The highest BCUT2D eigenvalue weighted by molar-refractivity contribution is 7.89. The van der Waals surface area contributed by atoms with Gasteiger partial charge in [-0.3, -0.25) is 0 Å². The molecular formula is C20H25NO4S. The molecule has 26 heavy (non-hydrogen) atoms. The van der Waals surface area contributed by atoms with Crippen molar-refractivity contribution in [2.75, 3.05) is 14.2 Å². The third-order valence-corrected chi connectivity index (χ3v) is 6.56. The van der Waals surface area contributed by atoms with E-state index in [1.165, 1.54) is 0 Å². The highest BCUT2D eigenvalue weighted by atomic mass is 32.2. The van der Waals surface area contributed by atoms with Crippen LogP contribution in [-0.2, 0) is 16.4 Å². The Bertz CT molecular complexity index is 922. The van der Waals surface area contributed by atoms with E-state index in [1.54, 1.807) is 33.3 Å². The maximum atomic E-state index is 13.0. The molecule has 0 aliphatic heterocycles. The fraction of sp³-hybridized carbons (Fsp3) is 0.400. The van der Waals surface area contributed by atoms with Gasteiger partial charge in [0, 0.05) is 6.04 Å². The van der Waals surface area contributed by atoms with E-state index in [4.69, 9.17) is 9.47 Å². The maximum absolute atomic E-state index is 13.0. The van der Waals surface area contributed by atoms with E-state index in [1.807, 2.05) is 25.1 Å². The van der Waals surface area contributed by atoms with E-state index in [0.29, 0.717) is 16.2 Å². The van der Waals surface area contributed by atoms with Gasteiger partial charge >= 0.3 is 0 Å². The van der Waals surface area contributed by atoms with E-state index in [-0.39, 0.29) is 6.04 Å². The van der Waals surface area contributed by atoms with Crippen molar-refractivity contribution in [3.63, 3.8) is 0 Å². The van der Waals surface area contributed by atoms with Crippen LogP contribution in [0.15, 0.2) is 35.2 Å². The summed E-state index contributed by atoms with van der Waals surface area (Å²) in [4.78, 5) is 0.302. The number of aryl methyl sites for hydroxylation is 3. The Morgan fingerprint density at radius 1 is 1.04 bits per heavy atom. The van der Waals surface area contributed by atoms with Gasteiger partial charge in [0.2, 0.25) is 10.0 Å². The van der Waals surface area contributed by atoms with Crippen LogP contribution in [0.2, 0.25) is 0 Å². The molecule has 0 bridgehead atoms. The highest BCUT2D eigenvalue weighted by Crippen LogP contribution is 2.34. The lowest BCUT2D eigenvalue weighted by molar-refractivity contribution is 0.411. The van der Waals surface area contributed by atoms with Crippen LogP contribution in [0, 0.1) is 13.8 Å². The molecule has 1 aliphatic rings. The Balaban J connectivity index is 1.93. The van der Waals surface area contributed by atoms with Gasteiger partial charge in [-0.05, 0) is 79.6 Å². The number of nitrogens with one attached hydrogen (secondary N) is 1. The SMILES string of the molecule is COc1ccc2c(c1)CCCC2NS(=O)(=O)c1cc(C)c(OC)cc1C. The Hall–Kier alpha value is -2.05. The Labute approximate surface area is 155 Å². The van der Waals surface area contributed by atoms with Crippen LogP contribution < -0.4 is 14.2 Å². The van der Waals surface area contributed by atoms with Crippen molar-refractivity contribution < 1.29 is 17.9 Å². The molecule has 5 nitrogen and oxygen atoms in total. The fourth-order valence-electron chi connectivity index (χ4n) is 3.56. The van der Waals surface area contributed by atoms with E-state index >= 15 is 0 Å². The zero-order valence-electron chi connectivity index (χ0n) is 15.6. The molecule has 1 N–H and O–H groups in total. The minimum absolute atomic E-state index is 0.225. The lowest BCUT2D eigenvalue weighted by Crippen LogP contribution is -2.31. The number of hydrogen-bond acceptors (Lipinski definition) is 4. The lowest BCUT2D eigenvalue weighted by Gasteiger charge is -2.27. The second-order valence-corrected chi connectivity index (χ2v) is 8.40. The molecule has 2 aromatic rings. The number of fused-ring (bicyclic) bond motifs is 1. The van der Waals surface area contributed by atoms with Crippen LogP contribution >= 0.6 is 0 Å². The molecule has 1 unspecified atom stereocenters. The van der Waals surface area contributed by atoms with Gasteiger partial charge in [0.25, 0.3) is 0 Å². The molecule has 1 atom stereocenters. The molecule has 0 radical (unpaired) electrons. The Kier molecular flexibility index (Phi) is 5.25. The maximum Gasteiger partial charge on any atom is 0.241 e. The largest absolute Gasteiger partial charge is 0.497 e. The summed E-state index contributed by atoms with van der Waals surface area (Å²) >= 11 is 0. The van der Waals surface area contributed by atoms with Gasteiger partial charge in [-0.25, -0.2) is 13.1 Å². The molecule has 0 heterocycles. The summed E-state index contributed by atoms with van der Waals surface area (Å²) in [5, 5.41) is 0. The normalized spacial score (nSPS) is 16.8. The number of sulfonamides is 1. The van der Waals surface area contributed by atoms with Crippen LogP contribution in [0.25, 0.3) is 0 Å². The van der Waals surface area contributed by atoms with Crippen molar-refractivity contribution in [3.05, 3.63) is 52.6 Å². The summed E-state index contributed by atoms with van der Waals surface area (Å²) in [7, 11) is -0.410. The summed E-state index contributed by atoms with van der Waals surface area (Å²) in [6, 6.07) is 9.06. The Morgan fingerprint density at radius 3 is 2.50 bits per heavy atom. The average Bonchev–Trinajstić information content (AvgIpc) is 2.62. The first-order valence-corrected chi connectivity index (χ1v) is 10.2. The first kappa shape index (κ1) is 18.7. The third-order valence-electron chi connectivity index (χ3n) is 4.94. The summed E-state index contributed by atoms with van der Waals surface area (Å²) < 4.78 is 39.5. The number of rotatable bonds is 5. The van der Waals surface area contributed by atoms with Crippen molar-refractivity contribution >= 4 is 10.0 Å². The predicted molar refractivity (Wildman–Crippen MR) is 101 cm³/mol. The summed E-state index contributed by atoms with van der Waals surface area (Å²) in [5.41, 5.74) is 3.65. The second-order valence-electron chi connectivity index (χ2n) is 6.72. The summed E-state index contributed by atoms with van der Waals surface area (Å²) in [6.45, 7) is 3.63. The number of methoxy groups -OCH3 is 2. The van der Waals surface area contributed by atoms with Crippen molar-refractivity contribution in [2.24, 2.45) is 0 Å². The number of benzene rings is 2. The topological polar surface area (TPSA) is 64.6 Å². The van der Waals surface area contributed by atoms with Crippen molar-refractivity contribution in [1.29, 1.82) is 0 Å². The van der Waals surface area contributed by atoms with Gasteiger partial charge in [-0.15, -0.1) is 0 Å². The summed E-state index contributed by atoms with van der Waals surface area (Å²) in [5.74, 6) is 1.49. The number of hydrogen-bond donors (Lipinski definition) is 1. The van der Waals surface area contributed by atoms with Gasteiger partial charge < -0.3 is 9.47 Å². The van der Waals surface area contributed by atoms with Crippen LogP contribution in [0.4, 0.5) is 0 Å². The smallest absolute Gasteiger partial charge is 0.241 e. The van der Waals surface area contributed by atoms with Crippen LogP contribution in [0.3, 0.4) is 0 Å². The third kappa shape index (κ3) is 3.57. The highest BCUT2D eigenvalue weighted by Gasteiger charge is 2.27. The minimum Gasteiger partial charge on any atom is -0.497 e. The second kappa shape index (κ2) is 7.29. The molecule has 2 aromatic carbocycles. The standard InChI is InChI=1S/C20H25NO4S/c1-13-11-20(14(2)10-19(13)25-4)26(22,23)21-18-7-5-6-15-12-16(24-3)8-9-17(15)18/h8-12,18,21H,5-7H2,1-4H3. The average molecular weight is 375 g/mol. The molecule has 1 aliphatic carbocycles. The molecule has 6 heteroatoms. The van der Waals surface area contributed by atoms with E-state index in [2.05, 4.69) is 4.72 Å². The predicted octanol–water partition coefficient (Wildman–Crippen LogP) is 3.68. The van der Waals surface area contributed by atoms with Crippen LogP contribution in [-0.4, -0.2) is 22.6 Å². The molecule has 3 rings (SSSR count). The molecule has 0 amide bonds. The van der Waals surface area contributed by atoms with Gasteiger partial charge in [0.1, 0.15) is 11.5 Å². The molecule has 0 spiro atoms. The van der Waals surface area contributed by atoms with E-state index < -0.39 is 10.0 Å². The first-order chi connectivity index (χ1) is 12.4. The quantitative estimate of drug-likeness (QED) is 0.866. The lowest BCUT2D eigenvalue weighted by atomic mass is 9.88. The zero-order chi connectivity index (χ0) is 18.9. The van der Waals surface area contributed by atoms with Crippen molar-refractivity contribution in [3.8, 4) is 11.5 Å². The molecule has 0 fully saturated rings. The number of ether oxygens (including phenoxy) is 2. The molecular weight excluding hydrogens is 350 g/mol. The Morgan fingerprint density at radius 2 is 1.81 bits per heavy atom. The minimum atomic E-state index is -3.63. The summed E-state index contributed by atoms with van der Waals surface area (Å²) in [6.07, 6.45) is 2.66. The fourth-order valence-corrected chi connectivity index (χ4v) is 5.12. The van der Waals surface area contributed by atoms with Gasteiger partial charge in [0.15, 0.2) is 0 Å². The van der Waals surface area contributed by atoms with Gasteiger partial charge in [-0.2, -0.15) is 0 Å².